The van der Waals surface area contributed by atoms with Gasteiger partial charge in [-0.1, -0.05) is 18.2 Å². The average Bonchev–Trinajstić information content (AvgIpc) is 3.78. The predicted molar refractivity (Wildman–Crippen MR) is 130 cm³/mol. The third-order valence-electron chi connectivity index (χ3n) is 8.62. The molecule has 2 aromatic carbocycles. The van der Waals surface area contributed by atoms with Crippen LogP contribution in [0.2, 0.25) is 0 Å². The Morgan fingerprint density at radius 2 is 1.82 bits per heavy atom. The first kappa shape index (κ1) is 25.8. The maximum Gasteiger partial charge on any atom is 0.416 e. The Morgan fingerprint density at radius 3 is 2.41 bits per heavy atom. The SMILES string of the molecule is NC(=O)C1(c2cccc(C(=O)N3[C@@H](C(=O)NC(c4ccc(C(F)(F)F)cc4F)C4COC4)C[C@H]4C[C@H]43)c2)CC1. The molecule has 11 heteroatoms. The van der Waals surface area contributed by atoms with Gasteiger partial charge in [-0.25, -0.2) is 4.39 Å². The zero-order valence-electron chi connectivity index (χ0n) is 20.8. The molecule has 0 spiro atoms. The summed E-state index contributed by atoms with van der Waals surface area (Å²) in [6, 6.07) is 7.23. The van der Waals surface area contributed by atoms with Crippen LogP contribution >= 0.6 is 0 Å². The molecule has 2 saturated heterocycles. The summed E-state index contributed by atoms with van der Waals surface area (Å²) in [4.78, 5) is 40.7. The van der Waals surface area contributed by atoms with Gasteiger partial charge in [0.05, 0.1) is 30.2 Å². The Bertz CT molecular complexity index is 1350. The lowest BCUT2D eigenvalue weighted by Crippen LogP contribution is -2.51. The minimum absolute atomic E-state index is 0.0560. The van der Waals surface area contributed by atoms with Crippen LogP contribution in [0.4, 0.5) is 17.6 Å². The monoisotopic (exact) mass is 545 g/mol. The number of halogens is 4. The number of fused-ring (bicyclic) bond motifs is 1. The molecule has 206 valence electrons. The highest BCUT2D eigenvalue weighted by molar-refractivity contribution is 5.99. The summed E-state index contributed by atoms with van der Waals surface area (Å²) in [5.74, 6) is -2.48. The second-order valence-corrected chi connectivity index (χ2v) is 11.1. The van der Waals surface area contributed by atoms with Gasteiger partial charge in [-0.2, -0.15) is 13.2 Å². The highest BCUT2D eigenvalue weighted by atomic mass is 19.4. The topological polar surface area (TPSA) is 102 Å². The Kier molecular flexibility index (Phi) is 5.98. The van der Waals surface area contributed by atoms with Crippen LogP contribution < -0.4 is 11.1 Å². The van der Waals surface area contributed by atoms with Crippen molar-refractivity contribution in [1.29, 1.82) is 0 Å². The Balaban J connectivity index is 1.24. The lowest BCUT2D eigenvalue weighted by Gasteiger charge is -2.36. The zero-order chi connectivity index (χ0) is 27.7. The first-order chi connectivity index (χ1) is 18.5. The molecule has 0 aromatic heterocycles. The first-order valence-corrected chi connectivity index (χ1v) is 13.0. The molecule has 4 fully saturated rings. The molecule has 39 heavy (non-hydrogen) atoms. The number of carbonyl (C=O) groups is 3. The number of piperidine rings is 1. The Labute approximate surface area is 221 Å². The van der Waals surface area contributed by atoms with E-state index in [1.54, 1.807) is 29.2 Å². The molecule has 2 heterocycles. The number of ether oxygens (including phenoxy) is 1. The molecule has 2 saturated carbocycles. The van der Waals surface area contributed by atoms with E-state index in [0.717, 1.165) is 18.6 Å². The van der Waals surface area contributed by atoms with E-state index in [4.69, 9.17) is 10.5 Å². The largest absolute Gasteiger partial charge is 0.416 e. The minimum Gasteiger partial charge on any atom is -0.381 e. The van der Waals surface area contributed by atoms with Crippen LogP contribution in [-0.2, 0) is 25.9 Å². The molecule has 0 radical (unpaired) electrons. The van der Waals surface area contributed by atoms with Crippen molar-refractivity contribution in [3.63, 3.8) is 0 Å². The highest BCUT2D eigenvalue weighted by Gasteiger charge is 2.57. The van der Waals surface area contributed by atoms with Crippen LogP contribution in [0.15, 0.2) is 42.5 Å². The van der Waals surface area contributed by atoms with Crippen LogP contribution in [0.25, 0.3) is 0 Å². The number of hydrogen-bond donors (Lipinski definition) is 2. The van der Waals surface area contributed by atoms with Crippen molar-refractivity contribution >= 4 is 17.7 Å². The summed E-state index contributed by atoms with van der Waals surface area (Å²) in [5, 5.41) is 2.82. The maximum absolute atomic E-state index is 14.9. The van der Waals surface area contributed by atoms with Crippen LogP contribution in [0.1, 0.15) is 58.8 Å². The number of amides is 3. The first-order valence-electron chi connectivity index (χ1n) is 13.0. The third-order valence-corrected chi connectivity index (χ3v) is 8.62. The molecule has 6 rings (SSSR count). The van der Waals surface area contributed by atoms with Crippen molar-refractivity contribution in [3.8, 4) is 0 Å². The number of carbonyl (C=O) groups excluding carboxylic acids is 3. The number of nitrogens with one attached hydrogen (secondary N) is 1. The van der Waals surface area contributed by atoms with Gasteiger partial charge in [0.25, 0.3) is 5.91 Å². The highest BCUT2D eigenvalue weighted by Crippen LogP contribution is 2.50. The van der Waals surface area contributed by atoms with Crippen molar-refractivity contribution in [2.45, 2.75) is 55.4 Å². The number of rotatable bonds is 7. The van der Waals surface area contributed by atoms with Crippen LogP contribution in [0.5, 0.6) is 0 Å². The van der Waals surface area contributed by atoms with Crippen LogP contribution in [-0.4, -0.2) is 47.9 Å². The number of alkyl halides is 3. The van der Waals surface area contributed by atoms with Crippen molar-refractivity contribution < 1.29 is 36.7 Å². The number of nitrogens with zero attached hydrogens (tertiary/aromatic N) is 1. The zero-order valence-corrected chi connectivity index (χ0v) is 20.8. The van der Waals surface area contributed by atoms with Crippen LogP contribution in [0.3, 0.4) is 0 Å². The van der Waals surface area contributed by atoms with Gasteiger partial charge >= 0.3 is 6.18 Å². The summed E-state index contributed by atoms with van der Waals surface area (Å²) in [5.41, 5.74) is 4.70. The molecule has 3 amide bonds. The van der Waals surface area contributed by atoms with Gasteiger partial charge < -0.3 is 20.7 Å². The van der Waals surface area contributed by atoms with Gasteiger partial charge in [0.1, 0.15) is 11.9 Å². The summed E-state index contributed by atoms with van der Waals surface area (Å²) in [6.45, 7) is 0.441. The fraction of sp³-hybridized carbons (Fsp3) is 0.464. The number of primary amides is 1. The van der Waals surface area contributed by atoms with Gasteiger partial charge in [-0.3, -0.25) is 14.4 Å². The molecular formula is C28H27F4N3O4. The molecular weight excluding hydrogens is 518 g/mol. The quantitative estimate of drug-likeness (QED) is 0.521. The molecule has 2 aromatic rings. The smallest absolute Gasteiger partial charge is 0.381 e. The third kappa shape index (κ3) is 4.46. The number of likely N-dealkylation sites (tertiary alicyclic amines) is 1. The molecule has 2 aliphatic carbocycles. The summed E-state index contributed by atoms with van der Waals surface area (Å²) in [6.07, 6.45) is -2.25. The fourth-order valence-electron chi connectivity index (χ4n) is 5.98. The number of benzene rings is 2. The summed E-state index contributed by atoms with van der Waals surface area (Å²) >= 11 is 0. The van der Waals surface area contributed by atoms with E-state index in [1.165, 1.54) is 0 Å². The number of hydrogen-bond acceptors (Lipinski definition) is 4. The minimum atomic E-state index is -4.70. The van der Waals surface area contributed by atoms with Crippen molar-refractivity contribution in [2.75, 3.05) is 13.2 Å². The van der Waals surface area contributed by atoms with Crippen molar-refractivity contribution in [2.24, 2.45) is 17.6 Å². The Hall–Kier alpha value is -3.47. The lowest BCUT2D eigenvalue weighted by atomic mass is 9.90. The van der Waals surface area contributed by atoms with Crippen molar-refractivity contribution in [3.05, 3.63) is 70.5 Å². The molecule has 4 atom stereocenters. The van der Waals surface area contributed by atoms with Gasteiger partial charge in [-0.05, 0) is 61.4 Å². The van der Waals surface area contributed by atoms with Gasteiger partial charge in [0.15, 0.2) is 0 Å². The van der Waals surface area contributed by atoms with Gasteiger partial charge in [0.2, 0.25) is 11.8 Å². The summed E-state index contributed by atoms with van der Waals surface area (Å²) in [7, 11) is 0. The normalized spacial score (nSPS) is 25.8. The molecule has 7 nitrogen and oxygen atoms in total. The van der Waals surface area contributed by atoms with E-state index in [1.807, 2.05) is 0 Å². The van der Waals surface area contributed by atoms with Gasteiger partial charge in [-0.15, -0.1) is 0 Å². The average molecular weight is 546 g/mol. The standard InChI is InChI=1S/C28H27F4N3O4/c29-20-11-18(28(30,31)32)4-5-19(20)23(16-12-39-13-16)34-24(36)22-10-15-9-21(15)35(22)25(37)14-2-1-3-17(8-14)27(6-7-27)26(33)38/h1-5,8,11,15-16,21-23H,6-7,9-10,12-13H2,(H2,33,38)(H,34,36)/t15-,21-,22-,23?/m1/s1. The van der Waals surface area contributed by atoms with E-state index in [-0.39, 0.29) is 42.6 Å². The van der Waals surface area contributed by atoms with Gasteiger partial charge in [0, 0.05) is 23.1 Å². The van der Waals surface area contributed by atoms with E-state index < -0.39 is 46.9 Å². The number of nitrogens with two attached hydrogens (primary N) is 1. The maximum atomic E-state index is 14.9. The van der Waals surface area contributed by atoms with E-state index in [0.29, 0.717) is 36.5 Å². The lowest BCUT2D eigenvalue weighted by molar-refractivity contribution is -0.138. The summed E-state index contributed by atoms with van der Waals surface area (Å²) < 4.78 is 59.3. The second-order valence-electron chi connectivity index (χ2n) is 11.1. The van der Waals surface area contributed by atoms with Crippen LogP contribution in [0, 0.1) is 17.7 Å². The van der Waals surface area contributed by atoms with Crippen molar-refractivity contribution in [1.82, 2.24) is 10.2 Å². The Morgan fingerprint density at radius 1 is 1.08 bits per heavy atom. The molecule has 3 N–H and O–H groups in total. The van der Waals surface area contributed by atoms with E-state index >= 15 is 0 Å². The predicted octanol–water partition coefficient (Wildman–Crippen LogP) is 3.47. The molecule has 2 aliphatic heterocycles. The molecule has 0 bridgehead atoms. The molecule has 1 unspecified atom stereocenters. The second kappa shape index (κ2) is 9.04. The molecule has 4 aliphatic rings. The fourth-order valence-corrected chi connectivity index (χ4v) is 5.98. The van der Waals surface area contributed by atoms with E-state index in [2.05, 4.69) is 5.32 Å². The van der Waals surface area contributed by atoms with E-state index in [9.17, 15) is 31.9 Å².